The van der Waals surface area contributed by atoms with Crippen molar-refractivity contribution in [3.05, 3.63) is 29.6 Å². The molecule has 1 aliphatic rings. The zero-order valence-corrected chi connectivity index (χ0v) is 10.5. The van der Waals surface area contributed by atoms with Crippen molar-refractivity contribution in [1.29, 1.82) is 0 Å². The van der Waals surface area contributed by atoms with Crippen LogP contribution in [-0.4, -0.2) is 18.1 Å². The average Bonchev–Trinajstić information content (AvgIpc) is 2.69. The van der Waals surface area contributed by atoms with Gasteiger partial charge in [0.15, 0.2) is 0 Å². The Bertz CT molecular complexity index is 352. The van der Waals surface area contributed by atoms with E-state index in [-0.39, 0.29) is 36.4 Å². The minimum absolute atomic E-state index is 0. The number of rotatable bonds is 1. The normalized spacial score (nSPS) is 19.4. The summed E-state index contributed by atoms with van der Waals surface area (Å²) in [4.78, 5) is 3.87. The van der Waals surface area contributed by atoms with Crippen LogP contribution in [-0.2, 0) is 6.18 Å². The van der Waals surface area contributed by atoms with Crippen LogP contribution in [0.3, 0.4) is 0 Å². The summed E-state index contributed by atoms with van der Waals surface area (Å²) in [6.45, 7) is 1.35. The second-order valence-corrected chi connectivity index (χ2v) is 3.62. The number of halogens is 5. The first-order chi connectivity index (χ1) is 7.09. The maximum Gasteiger partial charge on any atom is 0.418 e. The molecule has 1 aliphatic heterocycles. The zero-order valence-electron chi connectivity index (χ0n) is 8.83. The van der Waals surface area contributed by atoms with E-state index in [1.165, 1.54) is 12.3 Å². The number of pyridine rings is 1. The van der Waals surface area contributed by atoms with Crippen molar-refractivity contribution in [2.45, 2.75) is 18.5 Å². The third-order valence-electron chi connectivity index (χ3n) is 2.59. The first kappa shape index (κ1) is 16.5. The van der Waals surface area contributed by atoms with Crippen molar-refractivity contribution in [2.24, 2.45) is 0 Å². The van der Waals surface area contributed by atoms with Gasteiger partial charge in [0, 0.05) is 18.7 Å². The zero-order chi connectivity index (χ0) is 10.9. The summed E-state index contributed by atoms with van der Waals surface area (Å²) in [7, 11) is 0. The van der Waals surface area contributed by atoms with Crippen molar-refractivity contribution in [1.82, 2.24) is 10.3 Å². The van der Waals surface area contributed by atoms with Crippen LogP contribution in [0.2, 0.25) is 0 Å². The molecule has 2 heterocycles. The van der Waals surface area contributed by atoms with E-state index in [2.05, 4.69) is 10.3 Å². The molecule has 98 valence electrons. The van der Waals surface area contributed by atoms with Crippen LogP contribution in [0.4, 0.5) is 13.2 Å². The van der Waals surface area contributed by atoms with Gasteiger partial charge < -0.3 is 5.32 Å². The molecule has 0 saturated carbocycles. The Labute approximate surface area is 110 Å². The molecule has 17 heavy (non-hydrogen) atoms. The van der Waals surface area contributed by atoms with Gasteiger partial charge >= 0.3 is 6.18 Å². The average molecular weight is 289 g/mol. The van der Waals surface area contributed by atoms with Crippen LogP contribution in [0.5, 0.6) is 0 Å². The predicted octanol–water partition coefficient (Wildman–Crippen LogP) is 3.02. The van der Waals surface area contributed by atoms with Gasteiger partial charge in [0.2, 0.25) is 0 Å². The molecule has 0 amide bonds. The highest BCUT2D eigenvalue weighted by atomic mass is 35.5. The minimum atomic E-state index is -4.30. The first-order valence-electron chi connectivity index (χ1n) is 4.82. The largest absolute Gasteiger partial charge is 0.418 e. The van der Waals surface area contributed by atoms with Crippen LogP contribution in [0.25, 0.3) is 0 Å². The summed E-state index contributed by atoms with van der Waals surface area (Å²) in [5.41, 5.74) is -0.422. The van der Waals surface area contributed by atoms with Gasteiger partial charge in [-0.25, -0.2) is 0 Å². The van der Waals surface area contributed by atoms with Crippen LogP contribution < -0.4 is 5.32 Å². The van der Waals surface area contributed by atoms with Gasteiger partial charge in [-0.15, -0.1) is 24.8 Å². The van der Waals surface area contributed by atoms with E-state index >= 15 is 0 Å². The quantitative estimate of drug-likeness (QED) is 0.859. The maximum absolute atomic E-state index is 12.6. The first-order valence-corrected chi connectivity index (χ1v) is 4.82. The fraction of sp³-hybridized carbons (Fsp3) is 0.500. The predicted molar refractivity (Wildman–Crippen MR) is 64.0 cm³/mol. The molecule has 1 unspecified atom stereocenters. The fourth-order valence-electron chi connectivity index (χ4n) is 1.87. The van der Waals surface area contributed by atoms with Gasteiger partial charge in [0.1, 0.15) is 0 Å². The lowest BCUT2D eigenvalue weighted by Gasteiger charge is -2.15. The van der Waals surface area contributed by atoms with Crippen LogP contribution >= 0.6 is 24.8 Å². The van der Waals surface area contributed by atoms with E-state index in [9.17, 15) is 13.2 Å². The topological polar surface area (TPSA) is 24.9 Å². The molecule has 1 atom stereocenters. The molecule has 1 aromatic rings. The lowest BCUT2D eigenvalue weighted by molar-refractivity contribution is -0.138. The molecule has 1 N–H and O–H groups in total. The highest BCUT2D eigenvalue weighted by Crippen LogP contribution is 2.35. The minimum Gasteiger partial charge on any atom is -0.316 e. The van der Waals surface area contributed by atoms with Crippen molar-refractivity contribution >= 4 is 24.8 Å². The standard InChI is InChI=1S/C10H11F3N2.2ClH/c11-10(12,13)8-2-1-4-15-9(8)7-3-5-14-6-7;;/h1-2,4,7,14H,3,5-6H2;2*1H. The van der Waals surface area contributed by atoms with Gasteiger partial charge in [-0.2, -0.15) is 13.2 Å². The summed E-state index contributed by atoms with van der Waals surface area (Å²) in [5.74, 6) is -0.108. The van der Waals surface area contributed by atoms with Crippen molar-refractivity contribution in [3.8, 4) is 0 Å². The van der Waals surface area contributed by atoms with E-state index in [1.54, 1.807) is 0 Å². The molecule has 0 bridgehead atoms. The summed E-state index contributed by atoms with van der Waals surface area (Å²) in [6.07, 6.45) is -2.16. The van der Waals surface area contributed by atoms with Gasteiger partial charge in [-0.3, -0.25) is 4.98 Å². The SMILES string of the molecule is Cl.Cl.FC(F)(F)c1cccnc1C1CCNC1. The molecule has 0 radical (unpaired) electrons. The lowest BCUT2D eigenvalue weighted by Crippen LogP contribution is -2.15. The molecular formula is C10H13Cl2F3N2. The van der Waals surface area contributed by atoms with Crippen LogP contribution in [0.1, 0.15) is 23.6 Å². The molecule has 0 aromatic carbocycles. The number of nitrogens with zero attached hydrogens (tertiary/aromatic N) is 1. The summed E-state index contributed by atoms with van der Waals surface area (Å²) >= 11 is 0. The van der Waals surface area contributed by atoms with E-state index in [0.29, 0.717) is 6.54 Å². The van der Waals surface area contributed by atoms with Crippen molar-refractivity contribution < 1.29 is 13.2 Å². The highest BCUT2D eigenvalue weighted by molar-refractivity contribution is 5.85. The van der Waals surface area contributed by atoms with E-state index in [1.807, 2.05) is 0 Å². The van der Waals surface area contributed by atoms with Gasteiger partial charge in [0.25, 0.3) is 0 Å². The van der Waals surface area contributed by atoms with Gasteiger partial charge in [-0.1, -0.05) is 0 Å². The Balaban J connectivity index is 0.00000128. The second kappa shape index (κ2) is 6.42. The van der Waals surface area contributed by atoms with Crippen LogP contribution in [0.15, 0.2) is 18.3 Å². The Kier molecular flexibility index (Phi) is 6.23. The smallest absolute Gasteiger partial charge is 0.316 e. The number of aromatic nitrogens is 1. The molecule has 0 spiro atoms. The molecule has 2 rings (SSSR count). The molecule has 2 nitrogen and oxygen atoms in total. The van der Waals surface area contributed by atoms with Gasteiger partial charge in [0.05, 0.1) is 11.3 Å². The lowest BCUT2D eigenvalue weighted by atomic mass is 9.99. The Morgan fingerprint density at radius 3 is 2.53 bits per heavy atom. The Morgan fingerprint density at radius 2 is 2.00 bits per heavy atom. The van der Waals surface area contributed by atoms with E-state index in [0.717, 1.165) is 19.0 Å². The van der Waals surface area contributed by atoms with Crippen LogP contribution in [0, 0.1) is 0 Å². The molecule has 1 saturated heterocycles. The molecular weight excluding hydrogens is 276 g/mol. The van der Waals surface area contributed by atoms with Gasteiger partial charge in [-0.05, 0) is 25.1 Å². The summed E-state index contributed by atoms with van der Waals surface area (Å²) in [5, 5.41) is 3.04. The molecule has 7 heteroatoms. The molecule has 1 fully saturated rings. The number of hydrogen-bond acceptors (Lipinski definition) is 2. The number of nitrogens with one attached hydrogen (secondary N) is 1. The number of alkyl halides is 3. The molecule has 0 aliphatic carbocycles. The monoisotopic (exact) mass is 288 g/mol. The summed E-state index contributed by atoms with van der Waals surface area (Å²) in [6, 6.07) is 2.43. The third kappa shape index (κ3) is 3.72. The van der Waals surface area contributed by atoms with Crippen molar-refractivity contribution in [3.63, 3.8) is 0 Å². The van der Waals surface area contributed by atoms with Crippen molar-refractivity contribution in [2.75, 3.05) is 13.1 Å². The maximum atomic E-state index is 12.6. The highest BCUT2D eigenvalue weighted by Gasteiger charge is 2.36. The summed E-state index contributed by atoms with van der Waals surface area (Å²) < 4.78 is 37.9. The van der Waals surface area contributed by atoms with E-state index in [4.69, 9.17) is 0 Å². The Morgan fingerprint density at radius 1 is 1.29 bits per heavy atom. The third-order valence-corrected chi connectivity index (χ3v) is 2.59. The fourth-order valence-corrected chi connectivity index (χ4v) is 1.87. The number of hydrogen-bond donors (Lipinski definition) is 1. The molecule has 1 aromatic heterocycles. The Hall–Kier alpha value is -0.520. The second-order valence-electron chi connectivity index (χ2n) is 3.62. The van der Waals surface area contributed by atoms with E-state index < -0.39 is 11.7 Å².